The highest BCUT2D eigenvalue weighted by atomic mass is 16.5. The van der Waals surface area contributed by atoms with E-state index in [1.54, 1.807) is 17.9 Å². The summed E-state index contributed by atoms with van der Waals surface area (Å²) < 4.78 is 7.12. The number of carbonyl (C=O) groups excluding carboxylic acids is 1. The van der Waals surface area contributed by atoms with Crippen LogP contribution in [0.4, 0.5) is 0 Å². The van der Waals surface area contributed by atoms with Crippen molar-refractivity contribution in [1.29, 1.82) is 0 Å². The highest BCUT2D eigenvalue weighted by Crippen LogP contribution is 2.24. The van der Waals surface area contributed by atoms with Crippen molar-refractivity contribution in [1.82, 2.24) is 9.78 Å². The minimum Gasteiger partial charge on any atom is -0.478 e. The number of nitrogens with zero attached hydrogens (tertiary/aromatic N) is 2. The molecule has 106 valence electrons. The van der Waals surface area contributed by atoms with Gasteiger partial charge < -0.3 is 4.74 Å². The molecule has 1 heterocycles. The fourth-order valence-electron chi connectivity index (χ4n) is 2.31. The minimum absolute atomic E-state index is 0.0362. The Bertz CT molecular complexity index is 657. The first kappa shape index (κ1) is 14.3. The maximum Gasteiger partial charge on any atom is 0.223 e. The van der Waals surface area contributed by atoms with E-state index in [0.29, 0.717) is 18.1 Å². The van der Waals surface area contributed by atoms with Crippen LogP contribution in [0.1, 0.15) is 39.5 Å². The molecule has 0 N–H and O–H groups in total. The summed E-state index contributed by atoms with van der Waals surface area (Å²) in [4.78, 5) is 12.7. The smallest absolute Gasteiger partial charge is 0.223 e. The fraction of sp³-hybridized carbons (Fsp3) is 0.375. The first-order valence-electron chi connectivity index (χ1n) is 6.73. The summed E-state index contributed by atoms with van der Waals surface area (Å²) in [6, 6.07) is 4.01. The molecule has 0 amide bonds. The number of hydrogen-bond acceptors (Lipinski definition) is 3. The van der Waals surface area contributed by atoms with E-state index in [1.165, 1.54) is 0 Å². The van der Waals surface area contributed by atoms with E-state index in [4.69, 9.17) is 4.74 Å². The molecule has 0 aliphatic carbocycles. The first-order valence-corrected chi connectivity index (χ1v) is 6.73. The molecule has 1 aromatic carbocycles. The van der Waals surface area contributed by atoms with Crippen LogP contribution in [0.5, 0.6) is 5.88 Å². The van der Waals surface area contributed by atoms with Crippen LogP contribution in [0.25, 0.3) is 0 Å². The third kappa shape index (κ3) is 2.46. The van der Waals surface area contributed by atoms with Crippen LogP contribution in [0, 0.1) is 20.8 Å². The lowest BCUT2D eigenvalue weighted by Gasteiger charge is -2.10. The normalized spacial score (nSPS) is 10.7. The molecule has 2 rings (SSSR count). The van der Waals surface area contributed by atoms with E-state index in [1.807, 2.05) is 33.8 Å². The number of ketones is 1. The van der Waals surface area contributed by atoms with Crippen LogP contribution in [-0.4, -0.2) is 22.2 Å². The second-order valence-electron chi connectivity index (χ2n) is 5.00. The van der Waals surface area contributed by atoms with Crippen molar-refractivity contribution >= 4 is 5.78 Å². The lowest BCUT2D eigenvalue weighted by molar-refractivity contribution is 0.103. The Morgan fingerprint density at radius 2 is 1.95 bits per heavy atom. The number of aryl methyl sites for hydroxylation is 3. The van der Waals surface area contributed by atoms with Gasteiger partial charge in [-0.05, 0) is 44.9 Å². The average Bonchev–Trinajstić information content (AvgIpc) is 2.75. The summed E-state index contributed by atoms with van der Waals surface area (Å²) in [5, 5.41) is 4.13. The van der Waals surface area contributed by atoms with Crippen LogP contribution in [0.15, 0.2) is 18.3 Å². The van der Waals surface area contributed by atoms with Crippen LogP contribution in [-0.2, 0) is 7.05 Å². The fourth-order valence-corrected chi connectivity index (χ4v) is 2.31. The molecule has 0 aliphatic rings. The second kappa shape index (κ2) is 5.49. The summed E-state index contributed by atoms with van der Waals surface area (Å²) >= 11 is 0. The Kier molecular flexibility index (Phi) is 3.93. The van der Waals surface area contributed by atoms with Crippen LogP contribution in [0.2, 0.25) is 0 Å². The van der Waals surface area contributed by atoms with Gasteiger partial charge in [0, 0.05) is 12.6 Å². The van der Waals surface area contributed by atoms with Crippen molar-refractivity contribution in [2.45, 2.75) is 27.7 Å². The zero-order valence-electron chi connectivity index (χ0n) is 12.7. The third-order valence-corrected chi connectivity index (χ3v) is 3.47. The molecule has 4 nitrogen and oxygen atoms in total. The molecule has 0 spiro atoms. The highest BCUT2D eigenvalue weighted by Gasteiger charge is 2.21. The third-order valence-electron chi connectivity index (χ3n) is 3.47. The van der Waals surface area contributed by atoms with Crippen LogP contribution >= 0.6 is 0 Å². The number of benzene rings is 1. The van der Waals surface area contributed by atoms with E-state index < -0.39 is 0 Å². The van der Waals surface area contributed by atoms with E-state index in [0.717, 1.165) is 22.3 Å². The minimum atomic E-state index is -0.0362. The molecule has 0 aliphatic heterocycles. The van der Waals surface area contributed by atoms with Gasteiger partial charge in [-0.15, -0.1) is 0 Å². The lowest BCUT2D eigenvalue weighted by Crippen LogP contribution is -2.08. The van der Waals surface area contributed by atoms with Crippen LogP contribution < -0.4 is 4.74 Å². The zero-order chi connectivity index (χ0) is 14.9. The number of rotatable bonds is 4. The SMILES string of the molecule is CCOc1c(C(=O)c2cc(C)cc(C)c2C)cnn1C. The van der Waals surface area contributed by atoms with Gasteiger partial charge in [0.2, 0.25) is 5.88 Å². The van der Waals surface area contributed by atoms with Crippen molar-refractivity contribution in [2.75, 3.05) is 6.61 Å². The molecule has 4 heteroatoms. The second-order valence-corrected chi connectivity index (χ2v) is 5.00. The van der Waals surface area contributed by atoms with Gasteiger partial charge in [0.05, 0.1) is 12.8 Å². The summed E-state index contributed by atoms with van der Waals surface area (Å²) in [5.41, 5.74) is 4.44. The van der Waals surface area contributed by atoms with Crippen molar-refractivity contribution in [3.63, 3.8) is 0 Å². The first-order chi connectivity index (χ1) is 9.45. The van der Waals surface area contributed by atoms with Gasteiger partial charge in [0.1, 0.15) is 5.56 Å². The molecule has 0 saturated carbocycles. The molecule has 0 radical (unpaired) electrons. The van der Waals surface area contributed by atoms with Gasteiger partial charge in [0.15, 0.2) is 5.78 Å². The van der Waals surface area contributed by atoms with Gasteiger partial charge in [-0.2, -0.15) is 5.10 Å². The predicted molar refractivity (Wildman–Crippen MR) is 78.5 cm³/mol. The lowest BCUT2D eigenvalue weighted by atomic mass is 9.95. The molecule has 0 atom stereocenters. The molecule has 0 saturated heterocycles. The van der Waals surface area contributed by atoms with E-state index in [2.05, 4.69) is 11.2 Å². The Balaban J connectivity index is 2.52. The van der Waals surface area contributed by atoms with Crippen molar-refractivity contribution in [3.8, 4) is 5.88 Å². The largest absolute Gasteiger partial charge is 0.478 e. The summed E-state index contributed by atoms with van der Waals surface area (Å²) in [7, 11) is 1.77. The average molecular weight is 272 g/mol. The van der Waals surface area contributed by atoms with Crippen molar-refractivity contribution in [2.24, 2.45) is 7.05 Å². The number of aromatic nitrogens is 2. The Hall–Kier alpha value is -2.10. The van der Waals surface area contributed by atoms with Crippen molar-refractivity contribution in [3.05, 3.63) is 46.1 Å². The quantitative estimate of drug-likeness (QED) is 0.804. The summed E-state index contributed by atoms with van der Waals surface area (Å²) in [5.74, 6) is 0.488. The molecular formula is C16H20N2O2. The summed E-state index contributed by atoms with van der Waals surface area (Å²) in [6.07, 6.45) is 1.57. The number of carbonyl (C=O) groups is 1. The zero-order valence-corrected chi connectivity index (χ0v) is 12.7. The molecule has 20 heavy (non-hydrogen) atoms. The predicted octanol–water partition coefficient (Wildman–Crippen LogP) is 2.98. The Morgan fingerprint density at radius 3 is 2.60 bits per heavy atom. The Labute approximate surface area is 119 Å². The van der Waals surface area contributed by atoms with Gasteiger partial charge in [0.25, 0.3) is 0 Å². The van der Waals surface area contributed by atoms with Crippen LogP contribution in [0.3, 0.4) is 0 Å². The van der Waals surface area contributed by atoms with Gasteiger partial charge >= 0.3 is 0 Å². The molecule has 2 aromatic rings. The molecule has 0 bridgehead atoms. The highest BCUT2D eigenvalue weighted by molar-refractivity contribution is 6.11. The van der Waals surface area contributed by atoms with E-state index >= 15 is 0 Å². The van der Waals surface area contributed by atoms with Gasteiger partial charge in [-0.25, -0.2) is 4.68 Å². The van der Waals surface area contributed by atoms with Gasteiger partial charge in [-0.3, -0.25) is 4.79 Å². The number of hydrogen-bond donors (Lipinski definition) is 0. The van der Waals surface area contributed by atoms with E-state index in [9.17, 15) is 4.79 Å². The monoisotopic (exact) mass is 272 g/mol. The molecular weight excluding hydrogens is 252 g/mol. The molecule has 0 unspecified atom stereocenters. The summed E-state index contributed by atoms with van der Waals surface area (Å²) in [6.45, 7) is 8.38. The van der Waals surface area contributed by atoms with Crippen molar-refractivity contribution < 1.29 is 9.53 Å². The topological polar surface area (TPSA) is 44.1 Å². The Morgan fingerprint density at radius 1 is 1.25 bits per heavy atom. The van der Waals surface area contributed by atoms with E-state index in [-0.39, 0.29) is 5.78 Å². The molecule has 1 aromatic heterocycles. The standard InChI is InChI=1S/C16H20N2O2/c1-6-20-16-14(9-17-18(16)5)15(19)13-8-10(2)7-11(3)12(13)4/h7-9H,6H2,1-5H3. The number of ether oxygens (including phenoxy) is 1. The van der Waals surface area contributed by atoms with Gasteiger partial charge in [-0.1, -0.05) is 11.6 Å². The maximum atomic E-state index is 12.7. The molecule has 0 fully saturated rings. The maximum absolute atomic E-state index is 12.7.